The van der Waals surface area contributed by atoms with E-state index in [9.17, 15) is 4.79 Å². The molecule has 1 atom stereocenters. The van der Waals surface area contributed by atoms with Gasteiger partial charge in [-0.05, 0) is 25.5 Å². The van der Waals surface area contributed by atoms with Gasteiger partial charge in [-0.1, -0.05) is 18.2 Å². The number of nitriles is 1. The highest BCUT2D eigenvalue weighted by atomic mass is 16.6. The number of carbonyl (C=O) groups is 1. The standard InChI is InChI=1S/C13H15N3O2/c1-13(2,8-14)18-12(17)16-10-6-4-3-5-9(10)7-11(16)15/h3-6,11H,7,15H2,1-2H3. The number of hydrogen-bond donors (Lipinski definition) is 1. The highest BCUT2D eigenvalue weighted by Gasteiger charge is 2.35. The summed E-state index contributed by atoms with van der Waals surface area (Å²) in [5.41, 5.74) is 6.54. The Morgan fingerprint density at radius 2 is 2.22 bits per heavy atom. The molecule has 1 amide bonds. The summed E-state index contributed by atoms with van der Waals surface area (Å²) in [4.78, 5) is 13.5. The Labute approximate surface area is 106 Å². The molecule has 18 heavy (non-hydrogen) atoms. The van der Waals surface area contributed by atoms with Crippen LogP contribution in [0.25, 0.3) is 0 Å². The van der Waals surface area contributed by atoms with Crippen LogP contribution in [0.15, 0.2) is 24.3 Å². The summed E-state index contributed by atoms with van der Waals surface area (Å²) in [6, 6.07) is 9.42. The second-order valence-electron chi connectivity index (χ2n) is 4.76. The van der Waals surface area contributed by atoms with Gasteiger partial charge in [0.25, 0.3) is 0 Å². The normalized spacial score (nSPS) is 18.1. The largest absolute Gasteiger partial charge is 0.428 e. The summed E-state index contributed by atoms with van der Waals surface area (Å²) >= 11 is 0. The van der Waals surface area contributed by atoms with Crippen LogP contribution in [0.5, 0.6) is 0 Å². The molecule has 1 aromatic rings. The number of para-hydroxylation sites is 1. The quantitative estimate of drug-likeness (QED) is 0.817. The Morgan fingerprint density at radius 1 is 1.56 bits per heavy atom. The van der Waals surface area contributed by atoms with E-state index in [1.807, 2.05) is 30.3 Å². The lowest BCUT2D eigenvalue weighted by molar-refractivity contribution is 0.0816. The lowest BCUT2D eigenvalue weighted by Crippen LogP contribution is -2.46. The number of anilines is 1. The van der Waals surface area contributed by atoms with Crippen molar-refractivity contribution in [1.82, 2.24) is 0 Å². The second kappa shape index (κ2) is 4.31. The Kier molecular flexibility index (Phi) is 2.97. The first-order valence-electron chi connectivity index (χ1n) is 5.71. The van der Waals surface area contributed by atoms with Gasteiger partial charge in [-0.25, -0.2) is 4.79 Å². The van der Waals surface area contributed by atoms with Crippen LogP contribution in [0.2, 0.25) is 0 Å². The van der Waals surface area contributed by atoms with Gasteiger partial charge in [0.15, 0.2) is 5.60 Å². The van der Waals surface area contributed by atoms with E-state index in [0.29, 0.717) is 6.42 Å². The summed E-state index contributed by atoms with van der Waals surface area (Å²) in [7, 11) is 0. The Hall–Kier alpha value is -2.06. The predicted molar refractivity (Wildman–Crippen MR) is 66.8 cm³/mol. The lowest BCUT2D eigenvalue weighted by atomic mass is 10.1. The van der Waals surface area contributed by atoms with Crippen LogP contribution in [0.3, 0.4) is 0 Å². The number of nitrogens with zero attached hydrogens (tertiary/aromatic N) is 2. The molecule has 1 aliphatic rings. The maximum absolute atomic E-state index is 12.1. The van der Waals surface area contributed by atoms with E-state index < -0.39 is 17.9 Å². The van der Waals surface area contributed by atoms with Crippen LogP contribution in [0, 0.1) is 11.3 Å². The average Bonchev–Trinajstić information content (AvgIpc) is 2.64. The smallest absolute Gasteiger partial charge is 0.417 e. The van der Waals surface area contributed by atoms with Crippen LogP contribution in [0.1, 0.15) is 19.4 Å². The zero-order valence-electron chi connectivity index (χ0n) is 10.4. The minimum atomic E-state index is -1.16. The van der Waals surface area contributed by atoms with Crippen LogP contribution < -0.4 is 10.6 Å². The highest BCUT2D eigenvalue weighted by molar-refractivity contribution is 5.91. The maximum atomic E-state index is 12.1. The molecular formula is C13H15N3O2. The van der Waals surface area contributed by atoms with E-state index in [-0.39, 0.29) is 0 Å². The molecule has 5 nitrogen and oxygen atoms in total. The van der Waals surface area contributed by atoms with Crippen molar-refractivity contribution < 1.29 is 9.53 Å². The second-order valence-corrected chi connectivity index (χ2v) is 4.76. The third-order valence-electron chi connectivity index (χ3n) is 2.82. The molecule has 0 spiro atoms. The van der Waals surface area contributed by atoms with Gasteiger partial charge in [0.2, 0.25) is 0 Å². The molecule has 1 aromatic carbocycles. The van der Waals surface area contributed by atoms with Crippen molar-refractivity contribution in [1.29, 1.82) is 5.26 Å². The highest BCUT2D eigenvalue weighted by Crippen LogP contribution is 2.31. The third-order valence-corrected chi connectivity index (χ3v) is 2.82. The Bertz CT molecular complexity index is 519. The molecule has 0 saturated heterocycles. The molecule has 0 aliphatic carbocycles. The molecule has 1 unspecified atom stereocenters. The zero-order chi connectivity index (χ0) is 13.3. The van der Waals surface area contributed by atoms with Gasteiger partial charge in [0.05, 0.1) is 11.9 Å². The number of amides is 1. The van der Waals surface area contributed by atoms with E-state index in [1.54, 1.807) is 13.8 Å². The Balaban J connectivity index is 2.25. The van der Waals surface area contributed by atoms with Crippen molar-refractivity contribution in [3.8, 4) is 6.07 Å². The molecular weight excluding hydrogens is 230 g/mol. The van der Waals surface area contributed by atoms with Crippen molar-refractivity contribution in [2.45, 2.75) is 32.0 Å². The first kappa shape index (κ1) is 12.4. The summed E-state index contributed by atoms with van der Waals surface area (Å²) in [5.74, 6) is 0. The minimum Gasteiger partial charge on any atom is -0.428 e. The van der Waals surface area contributed by atoms with E-state index in [1.165, 1.54) is 4.90 Å². The van der Waals surface area contributed by atoms with Crippen molar-refractivity contribution >= 4 is 11.8 Å². The van der Waals surface area contributed by atoms with Crippen LogP contribution in [-0.4, -0.2) is 17.9 Å². The van der Waals surface area contributed by atoms with Gasteiger partial charge < -0.3 is 10.5 Å². The van der Waals surface area contributed by atoms with Crippen LogP contribution in [-0.2, 0) is 11.2 Å². The molecule has 0 saturated carbocycles. The third kappa shape index (κ3) is 2.15. The van der Waals surface area contributed by atoms with Gasteiger partial charge in [0.1, 0.15) is 6.07 Å². The van der Waals surface area contributed by atoms with Gasteiger partial charge >= 0.3 is 6.09 Å². The molecule has 2 rings (SSSR count). The molecule has 2 N–H and O–H groups in total. The number of hydrogen-bond acceptors (Lipinski definition) is 4. The Morgan fingerprint density at radius 3 is 2.89 bits per heavy atom. The van der Waals surface area contributed by atoms with Crippen LogP contribution >= 0.6 is 0 Å². The van der Waals surface area contributed by atoms with Crippen LogP contribution in [0.4, 0.5) is 10.5 Å². The summed E-state index contributed by atoms with van der Waals surface area (Å²) in [6.07, 6.45) is -0.429. The SMILES string of the molecule is CC(C)(C#N)OC(=O)N1c2ccccc2CC1N. The number of carbonyl (C=O) groups excluding carboxylic acids is 1. The number of fused-ring (bicyclic) bond motifs is 1. The van der Waals surface area contributed by atoms with Crippen molar-refractivity contribution in [3.05, 3.63) is 29.8 Å². The molecule has 5 heteroatoms. The van der Waals surface area contributed by atoms with E-state index in [0.717, 1.165) is 11.3 Å². The number of benzene rings is 1. The number of rotatable bonds is 1. The molecule has 94 valence electrons. The number of ether oxygens (including phenoxy) is 1. The predicted octanol–water partition coefficient (Wildman–Crippen LogP) is 1.77. The monoisotopic (exact) mass is 245 g/mol. The van der Waals surface area contributed by atoms with E-state index in [2.05, 4.69) is 0 Å². The summed E-state index contributed by atoms with van der Waals surface area (Å²) in [6.45, 7) is 3.08. The molecule has 0 radical (unpaired) electrons. The topological polar surface area (TPSA) is 79.3 Å². The summed E-state index contributed by atoms with van der Waals surface area (Å²) < 4.78 is 5.14. The van der Waals surface area contributed by atoms with Crippen molar-refractivity contribution in [2.24, 2.45) is 5.73 Å². The fraction of sp³-hybridized carbons (Fsp3) is 0.385. The van der Waals surface area contributed by atoms with Crippen molar-refractivity contribution in [2.75, 3.05) is 4.90 Å². The molecule has 0 aromatic heterocycles. The fourth-order valence-corrected chi connectivity index (χ4v) is 1.94. The van der Waals surface area contributed by atoms with Crippen molar-refractivity contribution in [3.63, 3.8) is 0 Å². The van der Waals surface area contributed by atoms with Gasteiger partial charge in [0, 0.05) is 6.42 Å². The van der Waals surface area contributed by atoms with Gasteiger partial charge in [-0.3, -0.25) is 4.90 Å². The van der Waals surface area contributed by atoms with E-state index >= 15 is 0 Å². The minimum absolute atomic E-state index is 0.440. The summed E-state index contributed by atoms with van der Waals surface area (Å²) in [5, 5.41) is 8.87. The van der Waals surface area contributed by atoms with Gasteiger partial charge in [-0.2, -0.15) is 5.26 Å². The molecule has 0 bridgehead atoms. The molecule has 0 fully saturated rings. The molecule has 1 heterocycles. The van der Waals surface area contributed by atoms with Gasteiger partial charge in [-0.15, -0.1) is 0 Å². The number of nitrogens with two attached hydrogens (primary N) is 1. The fourth-order valence-electron chi connectivity index (χ4n) is 1.94. The van der Waals surface area contributed by atoms with E-state index in [4.69, 9.17) is 15.7 Å². The lowest BCUT2D eigenvalue weighted by Gasteiger charge is -2.25. The first-order valence-corrected chi connectivity index (χ1v) is 5.71. The average molecular weight is 245 g/mol. The molecule has 1 aliphatic heterocycles. The first-order chi connectivity index (χ1) is 8.44. The maximum Gasteiger partial charge on any atom is 0.417 e. The zero-order valence-corrected chi connectivity index (χ0v) is 10.4.